The highest BCUT2D eigenvalue weighted by molar-refractivity contribution is 5.80. The molecule has 0 bridgehead atoms. The molecule has 1 amide bonds. The molecule has 3 unspecified atom stereocenters. The quantitative estimate of drug-likeness (QED) is 0.835. The predicted molar refractivity (Wildman–Crippen MR) is 89.2 cm³/mol. The third-order valence-corrected chi connectivity index (χ3v) is 4.66. The molecule has 1 fully saturated rings. The van der Waals surface area contributed by atoms with E-state index in [4.69, 9.17) is 14.6 Å². The van der Waals surface area contributed by atoms with Gasteiger partial charge in [-0.2, -0.15) is 0 Å². The molecule has 132 valence electrons. The van der Waals surface area contributed by atoms with Crippen molar-refractivity contribution in [2.75, 3.05) is 14.2 Å². The molecule has 2 N–H and O–H groups in total. The molecule has 24 heavy (non-hydrogen) atoms. The number of hydrogen-bond donors (Lipinski definition) is 2. The SMILES string of the molecule is COc1ccc(OC)c(C(C)NC(=O)C2CCCC(C(=O)O)C2)c1. The lowest BCUT2D eigenvalue weighted by Gasteiger charge is -2.27. The zero-order valence-electron chi connectivity index (χ0n) is 14.4. The summed E-state index contributed by atoms with van der Waals surface area (Å²) in [5.74, 6) is -0.213. The third kappa shape index (κ3) is 4.19. The van der Waals surface area contributed by atoms with Crippen molar-refractivity contribution in [1.82, 2.24) is 5.32 Å². The van der Waals surface area contributed by atoms with Crippen LogP contribution in [0.5, 0.6) is 11.5 Å². The van der Waals surface area contributed by atoms with Gasteiger partial charge in [0.05, 0.1) is 26.2 Å². The van der Waals surface area contributed by atoms with E-state index in [2.05, 4.69) is 5.32 Å². The smallest absolute Gasteiger partial charge is 0.306 e. The van der Waals surface area contributed by atoms with Crippen LogP contribution in [-0.2, 0) is 9.59 Å². The second kappa shape index (κ2) is 8.04. The first-order chi connectivity index (χ1) is 11.5. The molecule has 1 aliphatic rings. The molecular formula is C18H25NO5. The van der Waals surface area contributed by atoms with Crippen LogP contribution in [0.25, 0.3) is 0 Å². The van der Waals surface area contributed by atoms with E-state index in [1.165, 1.54) is 0 Å². The van der Waals surface area contributed by atoms with Crippen molar-refractivity contribution in [2.24, 2.45) is 11.8 Å². The van der Waals surface area contributed by atoms with Gasteiger partial charge in [-0.25, -0.2) is 0 Å². The summed E-state index contributed by atoms with van der Waals surface area (Å²) in [6.45, 7) is 1.88. The molecule has 0 aliphatic heterocycles. The molecule has 0 heterocycles. The van der Waals surface area contributed by atoms with Crippen molar-refractivity contribution < 1.29 is 24.2 Å². The van der Waals surface area contributed by atoms with E-state index in [-0.39, 0.29) is 17.9 Å². The number of rotatable bonds is 6. The zero-order chi connectivity index (χ0) is 17.7. The van der Waals surface area contributed by atoms with Crippen LogP contribution in [0.1, 0.15) is 44.2 Å². The van der Waals surface area contributed by atoms with Gasteiger partial charge in [0.15, 0.2) is 0 Å². The largest absolute Gasteiger partial charge is 0.497 e. The van der Waals surface area contributed by atoms with Crippen LogP contribution >= 0.6 is 0 Å². The van der Waals surface area contributed by atoms with Crippen LogP contribution in [0.15, 0.2) is 18.2 Å². The first-order valence-electron chi connectivity index (χ1n) is 8.21. The van der Waals surface area contributed by atoms with Gasteiger partial charge in [0, 0.05) is 11.5 Å². The molecule has 1 aliphatic carbocycles. The first-order valence-corrected chi connectivity index (χ1v) is 8.21. The Morgan fingerprint density at radius 3 is 2.54 bits per heavy atom. The third-order valence-electron chi connectivity index (χ3n) is 4.66. The minimum atomic E-state index is -0.810. The number of hydrogen-bond acceptors (Lipinski definition) is 4. The summed E-state index contributed by atoms with van der Waals surface area (Å²) in [7, 11) is 3.17. The van der Waals surface area contributed by atoms with Crippen LogP contribution in [-0.4, -0.2) is 31.2 Å². The van der Waals surface area contributed by atoms with E-state index in [0.717, 1.165) is 18.4 Å². The van der Waals surface area contributed by atoms with Crippen molar-refractivity contribution in [2.45, 2.75) is 38.6 Å². The summed E-state index contributed by atoms with van der Waals surface area (Å²) in [5.41, 5.74) is 0.829. The maximum Gasteiger partial charge on any atom is 0.306 e. The van der Waals surface area contributed by atoms with E-state index < -0.39 is 11.9 Å². The summed E-state index contributed by atoms with van der Waals surface area (Å²) in [4.78, 5) is 23.7. The Balaban J connectivity index is 2.07. The van der Waals surface area contributed by atoms with Crippen molar-refractivity contribution in [3.63, 3.8) is 0 Å². The van der Waals surface area contributed by atoms with Crippen LogP contribution in [0.4, 0.5) is 0 Å². The highest BCUT2D eigenvalue weighted by Crippen LogP contribution is 2.32. The van der Waals surface area contributed by atoms with Crippen LogP contribution in [0.2, 0.25) is 0 Å². The summed E-state index contributed by atoms with van der Waals surface area (Å²) in [6, 6.07) is 5.19. The van der Waals surface area contributed by atoms with Crippen molar-refractivity contribution >= 4 is 11.9 Å². The monoisotopic (exact) mass is 335 g/mol. The molecule has 2 rings (SSSR count). The topological polar surface area (TPSA) is 84.9 Å². The van der Waals surface area contributed by atoms with Crippen molar-refractivity contribution in [1.29, 1.82) is 0 Å². The van der Waals surface area contributed by atoms with Gasteiger partial charge in [-0.1, -0.05) is 6.42 Å². The maximum atomic E-state index is 12.5. The molecule has 1 aromatic rings. The molecule has 6 heteroatoms. The second-order valence-electron chi connectivity index (χ2n) is 6.24. The molecular weight excluding hydrogens is 310 g/mol. The number of carboxylic acid groups (broad SMARTS) is 1. The molecule has 3 atom stereocenters. The molecule has 0 aromatic heterocycles. The van der Waals surface area contributed by atoms with Gasteiger partial charge in [-0.05, 0) is 44.4 Å². The first kappa shape index (κ1) is 18.1. The lowest BCUT2D eigenvalue weighted by Crippen LogP contribution is -2.36. The highest BCUT2D eigenvalue weighted by Gasteiger charge is 2.31. The molecule has 0 radical (unpaired) electrons. The number of nitrogens with one attached hydrogen (secondary N) is 1. The highest BCUT2D eigenvalue weighted by atomic mass is 16.5. The Morgan fingerprint density at radius 1 is 1.21 bits per heavy atom. The Morgan fingerprint density at radius 2 is 1.92 bits per heavy atom. The number of amides is 1. The standard InChI is InChI=1S/C18H25NO5/c1-11(15-10-14(23-2)7-8-16(15)24-3)19-17(20)12-5-4-6-13(9-12)18(21)22/h7-8,10-13H,4-6,9H2,1-3H3,(H,19,20)(H,21,22). The fraction of sp³-hybridized carbons (Fsp3) is 0.556. The summed E-state index contributed by atoms with van der Waals surface area (Å²) >= 11 is 0. The number of carbonyl (C=O) groups excluding carboxylic acids is 1. The van der Waals surface area contributed by atoms with Crippen LogP contribution in [0.3, 0.4) is 0 Å². The molecule has 1 aromatic carbocycles. The molecule has 6 nitrogen and oxygen atoms in total. The Labute approximate surface area is 142 Å². The Hall–Kier alpha value is -2.24. The van der Waals surface area contributed by atoms with Crippen LogP contribution in [0, 0.1) is 11.8 Å². The van der Waals surface area contributed by atoms with E-state index >= 15 is 0 Å². The number of carbonyl (C=O) groups is 2. The number of methoxy groups -OCH3 is 2. The average Bonchev–Trinajstić information content (AvgIpc) is 2.61. The van der Waals surface area contributed by atoms with Gasteiger partial charge in [0.2, 0.25) is 5.91 Å². The minimum absolute atomic E-state index is 0.0988. The van der Waals surface area contributed by atoms with Crippen molar-refractivity contribution in [3.8, 4) is 11.5 Å². The molecule has 1 saturated carbocycles. The Bertz CT molecular complexity index is 601. The normalized spacial score (nSPS) is 21.6. The predicted octanol–water partition coefficient (Wildman–Crippen LogP) is 2.77. The molecule has 0 saturated heterocycles. The van der Waals surface area contributed by atoms with Gasteiger partial charge in [-0.15, -0.1) is 0 Å². The number of carboxylic acids is 1. The van der Waals surface area contributed by atoms with E-state index in [9.17, 15) is 9.59 Å². The van der Waals surface area contributed by atoms with Crippen molar-refractivity contribution in [3.05, 3.63) is 23.8 Å². The lowest BCUT2D eigenvalue weighted by molar-refractivity contribution is -0.144. The van der Waals surface area contributed by atoms with Gasteiger partial charge in [-0.3, -0.25) is 9.59 Å². The average molecular weight is 335 g/mol. The number of aliphatic carboxylic acids is 1. The molecule has 0 spiro atoms. The van der Waals surface area contributed by atoms with Gasteiger partial charge in [0.1, 0.15) is 11.5 Å². The van der Waals surface area contributed by atoms with E-state index in [1.54, 1.807) is 26.4 Å². The fourth-order valence-electron chi connectivity index (χ4n) is 3.24. The summed E-state index contributed by atoms with van der Waals surface area (Å²) in [5, 5.41) is 12.1. The van der Waals surface area contributed by atoms with E-state index in [1.807, 2.05) is 13.0 Å². The van der Waals surface area contributed by atoms with Gasteiger partial charge < -0.3 is 19.9 Å². The number of ether oxygens (including phenoxy) is 2. The lowest BCUT2D eigenvalue weighted by atomic mass is 9.81. The maximum absolute atomic E-state index is 12.5. The van der Waals surface area contributed by atoms with Gasteiger partial charge in [0.25, 0.3) is 0 Å². The summed E-state index contributed by atoms with van der Waals surface area (Å²) < 4.78 is 10.6. The van der Waals surface area contributed by atoms with Gasteiger partial charge >= 0.3 is 5.97 Å². The zero-order valence-corrected chi connectivity index (χ0v) is 14.4. The fourth-order valence-corrected chi connectivity index (χ4v) is 3.24. The minimum Gasteiger partial charge on any atom is -0.497 e. The Kier molecular flexibility index (Phi) is 6.06. The van der Waals surface area contributed by atoms with E-state index in [0.29, 0.717) is 24.3 Å². The second-order valence-corrected chi connectivity index (χ2v) is 6.24. The van der Waals surface area contributed by atoms with Crippen LogP contribution < -0.4 is 14.8 Å². The summed E-state index contributed by atoms with van der Waals surface area (Å²) in [6.07, 6.45) is 2.56. The number of benzene rings is 1.